The van der Waals surface area contributed by atoms with E-state index in [1.54, 1.807) is 12.1 Å². The highest BCUT2D eigenvalue weighted by Gasteiger charge is 2.22. The molecule has 1 fully saturated rings. The summed E-state index contributed by atoms with van der Waals surface area (Å²) in [6.45, 7) is 1.55. The van der Waals surface area contributed by atoms with Crippen molar-refractivity contribution in [2.75, 3.05) is 23.9 Å². The fraction of sp³-hybridized carbons (Fsp3) is 0.429. The van der Waals surface area contributed by atoms with Crippen LogP contribution in [0.2, 0.25) is 0 Å². The number of carbonyl (C=O) groups is 2. The van der Waals surface area contributed by atoms with Crippen LogP contribution in [-0.4, -0.2) is 36.8 Å². The first kappa shape index (κ1) is 14.7. The topological polar surface area (TPSA) is 75.4 Å². The fourth-order valence-corrected chi connectivity index (χ4v) is 2.57. The zero-order valence-corrected chi connectivity index (χ0v) is 11.9. The summed E-state index contributed by atoms with van der Waals surface area (Å²) in [5.74, 6) is -0.564. The molecule has 1 saturated heterocycles. The van der Waals surface area contributed by atoms with Crippen molar-refractivity contribution < 1.29 is 9.59 Å². The third-order valence-corrected chi connectivity index (χ3v) is 3.73. The second-order valence-corrected chi connectivity index (χ2v) is 5.11. The van der Waals surface area contributed by atoms with E-state index in [2.05, 4.69) is 10.2 Å². The summed E-state index contributed by atoms with van der Waals surface area (Å²) >= 11 is 5.48. The van der Waals surface area contributed by atoms with Crippen molar-refractivity contribution >= 4 is 29.1 Å². The first-order valence-electron chi connectivity index (χ1n) is 6.61. The highest BCUT2D eigenvalue weighted by atomic mass is 35.5. The number of halogens is 1. The van der Waals surface area contributed by atoms with Crippen LogP contribution in [-0.2, 0) is 4.79 Å². The number of nitrogens with zero attached hydrogens (tertiary/aromatic N) is 1. The van der Waals surface area contributed by atoms with Crippen molar-refractivity contribution in [3.05, 3.63) is 29.8 Å². The number of para-hydroxylation sites is 1. The minimum atomic E-state index is -0.418. The van der Waals surface area contributed by atoms with E-state index in [1.807, 2.05) is 12.1 Å². The number of piperidine rings is 1. The molecule has 0 radical (unpaired) electrons. The number of anilines is 1. The van der Waals surface area contributed by atoms with E-state index >= 15 is 0 Å². The summed E-state index contributed by atoms with van der Waals surface area (Å²) in [5, 5.41) is 2.89. The molecule has 5 nitrogen and oxygen atoms in total. The molecule has 0 aromatic heterocycles. The molecule has 1 aromatic rings. The largest absolute Gasteiger partial charge is 0.371 e. The molecule has 3 N–H and O–H groups in total. The predicted molar refractivity (Wildman–Crippen MR) is 79.1 cm³/mol. The molecule has 0 spiro atoms. The van der Waals surface area contributed by atoms with Crippen molar-refractivity contribution in [2.24, 2.45) is 5.73 Å². The number of hydrogen-bond acceptors (Lipinski definition) is 3. The standard InChI is InChI=1S/C14H18ClN3O2/c15-9-13(19)17-10-5-7-18(8-6-10)12-4-2-1-3-11(12)14(16)20/h1-4,10H,5-9H2,(H2,16,20)(H,17,19). The molecule has 20 heavy (non-hydrogen) atoms. The molecule has 6 heteroatoms. The van der Waals surface area contributed by atoms with Crippen molar-refractivity contribution in [1.82, 2.24) is 5.32 Å². The Kier molecular flexibility index (Phi) is 4.84. The van der Waals surface area contributed by atoms with Gasteiger partial charge in [0.15, 0.2) is 0 Å². The third-order valence-electron chi connectivity index (χ3n) is 3.49. The summed E-state index contributed by atoms with van der Waals surface area (Å²) < 4.78 is 0. The minimum Gasteiger partial charge on any atom is -0.371 e. The van der Waals surface area contributed by atoms with Crippen LogP contribution in [0.4, 0.5) is 5.69 Å². The Labute approximate surface area is 123 Å². The van der Waals surface area contributed by atoms with Crippen LogP contribution in [0.25, 0.3) is 0 Å². The number of nitrogens with two attached hydrogens (primary N) is 1. The van der Waals surface area contributed by atoms with Crippen molar-refractivity contribution in [1.29, 1.82) is 0 Å². The number of amides is 2. The van der Waals surface area contributed by atoms with E-state index in [0.29, 0.717) is 5.56 Å². The highest BCUT2D eigenvalue weighted by Crippen LogP contribution is 2.23. The number of rotatable bonds is 4. The normalized spacial score (nSPS) is 15.9. The maximum absolute atomic E-state index is 11.4. The van der Waals surface area contributed by atoms with Crippen LogP contribution < -0.4 is 16.0 Å². The fourth-order valence-electron chi connectivity index (χ4n) is 2.49. The maximum atomic E-state index is 11.4. The van der Waals surface area contributed by atoms with Gasteiger partial charge in [-0.3, -0.25) is 9.59 Å². The molecule has 0 bridgehead atoms. The van der Waals surface area contributed by atoms with Gasteiger partial charge in [-0.2, -0.15) is 0 Å². The van der Waals surface area contributed by atoms with Crippen molar-refractivity contribution in [3.63, 3.8) is 0 Å². The molecule has 0 aliphatic carbocycles. The molecule has 2 rings (SSSR count). The quantitative estimate of drug-likeness (QED) is 0.817. The molecule has 108 valence electrons. The summed E-state index contributed by atoms with van der Waals surface area (Å²) in [7, 11) is 0. The van der Waals surface area contributed by atoms with Gasteiger partial charge in [0, 0.05) is 24.8 Å². The van der Waals surface area contributed by atoms with Gasteiger partial charge in [-0.15, -0.1) is 11.6 Å². The van der Waals surface area contributed by atoms with E-state index in [9.17, 15) is 9.59 Å². The Hall–Kier alpha value is -1.75. The van der Waals surface area contributed by atoms with Crippen LogP contribution in [0.5, 0.6) is 0 Å². The molecule has 1 aliphatic rings. The summed E-state index contributed by atoms with van der Waals surface area (Å²) in [4.78, 5) is 24.8. The van der Waals surface area contributed by atoms with E-state index in [4.69, 9.17) is 17.3 Å². The molecule has 0 unspecified atom stereocenters. The number of primary amides is 1. The SMILES string of the molecule is NC(=O)c1ccccc1N1CCC(NC(=O)CCl)CC1. The minimum absolute atomic E-state index is 0.00920. The van der Waals surface area contributed by atoms with Crippen molar-refractivity contribution in [3.8, 4) is 0 Å². The molecule has 2 amide bonds. The van der Waals surface area contributed by atoms with Crippen LogP contribution in [0.1, 0.15) is 23.2 Å². The maximum Gasteiger partial charge on any atom is 0.250 e. The molecular formula is C14H18ClN3O2. The number of hydrogen-bond donors (Lipinski definition) is 2. The zero-order chi connectivity index (χ0) is 14.5. The van der Waals surface area contributed by atoms with Gasteiger partial charge in [-0.25, -0.2) is 0 Å². The molecule has 1 aromatic carbocycles. The predicted octanol–water partition coefficient (Wildman–Crippen LogP) is 1.11. The molecule has 1 aliphatic heterocycles. The van der Waals surface area contributed by atoms with Gasteiger partial charge in [0.05, 0.1) is 5.56 Å². The summed E-state index contributed by atoms with van der Waals surface area (Å²) in [5.41, 5.74) is 6.80. The number of carbonyl (C=O) groups excluding carboxylic acids is 2. The number of nitrogens with one attached hydrogen (secondary N) is 1. The second kappa shape index (κ2) is 6.61. The smallest absolute Gasteiger partial charge is 0.250 e. The lowest BCUT2D eigenvalue weighted by Crippen LogP contribution is -2.45. The van der Waals surface area contributed by atoms with Gasteiger partial charge in [0.25, 0.3) is 5.91 Å². The second-order valence-electron chi connectivity index (χ2n) is 4.84. The molecule has 1 heterocycles. The average Bonchev–Trinajstić information content (AvgIpc) is 2.48. The van der Waals surface area contributed by atoms with Gasteiger partial charge in [-0.1, -0.05) is 12.1 Å². The lowest BCUT2D eigenvalue weighted by atomic mass is 10.0. The summed E-state index contributed by atoms with van der Waals surface area (Å²) in [6, 6.07) is 7.48. The lowest BCUT2D eigenvalue weighted by molar-refractivity contribution is -0.119. The molecule has 0 saturated carbocycles. The van der Waals surface area contributed by atoms with E-state index in [0.717, 1.165) is 31.6 Å². The molecular weight excluding hydrogens is 278 g/mol. The zero-order valence-electron chi connectivity index (χ0n) is 11.1. The van der Waals surface area contributed by atoms with E-state index < -0.39 is 5.91 Å². The van der Waals surface area contributed by atoms with Gasteiger partial charge in [0.2, 0.25) is 5.91 Å². The monoisotopic (exact) mass is 295 g/mol. The van der Waals surface area contributed by atoms with Crippen molar-refractivity contribution in [2.45, 2.75) is 18.9 Å². The first-order chi connectivity index (χ1) is 9.61. The summed E-state index contributed by atoms with van der Waals surface area (Å²) in [6.07, 6.45) is 1.66. The Morgan fingerprint density at radius 1 is 1.30 bits per heavy atom. The Bertz CT molecular complexity index is 499. The van der Waals surface area contributed by atoms with Gasteiger partial charge in [-0.05, 0) is 25.0 Å². The van der Waals surface area contributed by atoms with Crippen LogP contribution >= 0.6 is 11.6 Å². The van der Waals surface area contributed by atoms with E-state index in [-0.39, 0.29) is 17.8 Å². The van der Waals surface area contributed by atoms with Crippen LogP contribution in [0.15, 0.2) is 24.3 Å². The van der Waals surface area contributed by atoms with Crippen LogP contribution in [0, 0.1) is 0 Å². The molecule has 0 atom stereocenters. The highest BCUT2D eigenvalue weighted by molar-refractivity contribution is 6.27. The lowest BCUT2D eigenvalue weighted by Gasteiger charge is -2.34. The van der Waals surface area contributed by atoms with Gasteiger partial charge < -0.3 is 16.0 Å². The Morgan fingerprint density at radius 3 is 2.55 bits per heavy atom. The Balaban J connectivity index is 2.01. The third kappa shape index (κ3) is 3.42. The van der Waals surface area contributed by atoms with Crippen LogP contribution in [0.3, 0.4) is 0 Å². The first-order valence-corrected chi connectivity index (χ1v) is 7.14. The number of benzene rings is 1. The number of alkyl halides is 1. The van der Waals surface area contributed by atoms with Gasteiger partial charge in [0.1, 0.15) is 5.88 Å². The van der Waals surface area contributed by atoms with E-state index in [1.165, 1.54) is 0 Å². The Morgan fingerprint density at radius 2 is 1.95 bits per heavy atom. The van der Waals surface area contributed by atoms with Gasteiger partial charge >= 0.3 is 0 Å². The average molecular weight is 296 g/mol.